The number of thiazole rings is 1. The molecule has 0 atom stereocenters. The zero-order chi connectivity index (χ0) is 20.3. The van der Waals surface area contributed by atoms with Gasteiger partial charge in [0.2, 0.25) is 0 Å². The lowest BCUT2D eigenvalue weighted by atomic mass is 10.2. The zero-order valence-corrected chi connectivity index (χ0v) is 17.4. The molecule has 0 fully saturated rings. The van der Waals surface area contributed by atoms with Crippen molar-refractivity contribution in [2.75, 3.05) is 25.6 Å². The molecule has 0 aliphatic heterocycles. The Morgan fingerprint density at radius 3 is 2.54 bits per heavy atom. The number of anilines is 1. The smallest absolute Gasteiger partial charge is 0.326 e. The Bertz CT molecular complexity index is 1080. The summed E-state index contributed by atoms with van der Waals surface area (Å²) in [6.07, 6.45) is 0. The number of rotatable bonds is 5. The van der Waals surface area contributed by atoms with E-state index < -0.39 is 0 Å². The molecule has 0 radical (unpaired) electrons. The zero-order valence-electron chi connectivity index (χ0n) is 15.8. The third-order valence-corrected chi connectivity index (χ3v) is 5.34. The quantitative estimate of drug-likeness (QED) is 0.593. The van der Waals surface area contributed by atoms with Crippen LogP contribution in [0.2, 0.25) is 5.02 Å². The van der Waals surface area contributed by atoms with Crippen molar-refractivity contribution < 1.29 is 14.3 Å². The number of fused-ring (bicyclic) bond motifs is 1. The second-order valence-electron chi connectivity index (χ2n) is 6.25. The summed E-state index contributed by atoms with van der Waals surface area (Å²) in [5.74, 6) is -0.762. The lowest BCUT2D eigenvalue weighted by Gasteiger charge is -2.11. The van der Waals surface area contributed by atoms with E-state index in [1.54, 1.807) is 35.8 Å². The van der Waals surface area contributed by atoms with Gasteiger partial charge in [0.25, 0.3) is 5.91 Å². The van der Waals surface area contributed by atoms with Crippen molar-refractivity contribution in [1.82, 2.24) is 4.57 Å². The number of amides is 1. The molecule has 2 aromatic carbocycles. The highest BCUT2D eigenvalue weighted by Gasteiger charge is 2.13. The fourth-order valence-electron chi connectivity index (χ4n) is 2.67. The molecule has 0 N–H and O–H groups in total. The van der Waals surface area contributed by atoms with Crippen LogP contribution in [0.5, 0.6) is 0 Å². The van der Waals surface area contributed by atoms with Crippen LogP contribution in [0.4, 0.5) is 5.69 Å². The van der Waals surface area contributed by atoms with E-state index in [1.165, 1.54) is 11.3 Å². The van der Waals surface area contributed by atoms with Gasteiger partial charge in [-0.05, 0) is 49.4 Å². The summed E-state index contributed by atoms with van der Waals surface area (Å²) in [5, 5.41) is 0.578. The van der Waals surface area contributed by atoms with E-state index in [2.05, 4.69) is 4.99 Å². The van der Waals surface area contributed by atoms with Crippen molar-refractivity contribution >= 4 is 50.7 Å². The van der Waals surface area contributed by atoms with Gasteiger partial charge in [0.1, 0.15) is 6.54 Å². The number of benzene rings is 2. The minimum Gasteiger partial charge on any atom is -0.465 e. The van der Waals surface area contributed by atoms with Gasteiger partial charge in [-0.25, -0.2) is 0 Å². The van der Waals surface area contributed by atoms with E-state index in [4.69, 9.17) is 16.3 Å². The van der Waals surface area contributed by atoms with Gasteiger partial charge < -0.3 is 14.2 Å². The monoisotopic (exact) mass is 417 g/mol. The van der Waals surface area contributed by atoms with Gasteiger partial charge in [0.05, 0.1) is 16.8 Å². The van der Waals surface area contributed by atoms with Crippen LogP contribution in [-0.4, -0.2) is 37.1 Å². The van der Waals surface area contributed by atoms with Gasteiger partial charge in [0.15, 0.2) is 4.80 Å². The molecule has 0 saturated carbocycles. The van der Waals surface area contributed by atoms with Gasteiger partial charge >= 0.3 is 5.97 Å². The molecule has 1 amide bonds. The van der Waals surface area contributed by atoms with Crippen LogP contribution in [0.25, 0.3) is 10.2 Å². The molecule has 0 spiro atoms. The Kier molecular flexibility index (Phi) is 6.16. The number of carbonyl (C=O) groups excluding carboxylic acids is 2. The highest BCUT2D eigenvalue weighted by molar-refractivity contribution is 7.16. The molecule has 146 valence electrons. The van der Waals surface area contributed by atoms with Crippen molar-refractivity contribution in [3.63, 3.8) is 0 Å². The van der Waals surface area contributed by atoms with Crippen LogP contribution in [0, 0.1) is 0 Å². The first kappa shape index (κ1) is 20.1. The number of nitrogens with zero attached hydrogens (tertiary/aromatic N) is 3. The molecule has 1 aromatic heterocycles. The Morgan fingerprint density at radius 2 is 1.89 bits per heavy atom. The molecule has 0 unspecified atom stereocenters. The second-order valence-corrected chi connectivity index (χ2v) is 7.69. The maximum absolute atomic E-state index is 12.7. The molecule has 6 nitrogen and oxygen atoms in total. The summed E-state index contributed by atoms with van der Waals surface area (Å²) >= 11 is 7.39. The minimum absolute atomic E-state index is 0.0266. The number of hydrogen-bond donors (Lipinski definition) is 0. The molecule has 1 heterocycles. The lowest BCUT2D eigenvalue weighted by molar-refractivity contribution is -0.143. The first-order valence-electron chi connectivity index (χ1n) is 8.70. The maximum atomic E-state index is 12.7. The third-order valence-electron chi connectivity index (χ3n) is 4.07. The number of esters is 1. The van der Waals surface area contributed by atoms with Crippen LogP contribution in [0.15, 0.2) is 47.5 Å². The van der Waals surface area contributed by atoms with Crippen LogP contribution >= 0.6 is 22.9 Å². The van der Waals surface area contributed by atoms with E-state index in [1.807, 2.05) is 37.2 Å². The number of ether oxygens (including phenoxy) is 1. The molecule has 3 aromatic rings. The minimum atomic E-state index is -0.388. The van der Waals surface area contributed by atoms with Gasteiger partial charge in [-0.15, -0.1) is 0 Å². The normalized spacial score (nSPS) is 11.6. The largest absolute Gasteiger partial charge is 0.465 e. The Hall–Kier alpha value is -2.64. The van der Waals surface area contributed by atoms with Crippen LogP contribution in [0.3, 0.4) is 0 Å². The van der Waals surface area contributed by atoms with Crippen LogP contribution in [0.1, 0.15) is 17.3 Å². The fraction of sp³-hybridized carbons (Fsp3) is 0.250. The molecular weight excluding hydrogens is 398 g/mol. The number of carbonyl (C=O) groups is 2. The first-order valence-corrected chi connectivity index (χ1v) is 9.89. The average Bonchev–Trinajstić information content (AvgIpc) is 2.98. The van der Waals surface area contributed by atoms with Gasteiger partial charge in [-0.2, -0.15) is 4.99 Å². The van der Waals surface area contributed by atoms with Crippen molar-refractivity contribution in [3.05, 3.63) is 57.9 Å². The average molecular weight is 418 g/mol. The van der Waals surface area contributed by atoms with Crippen molar-refractivity contribution in [3.8, 4) is 0 Å². The van der Waals surface area contributed by atoms with E-state index >= 15 is 0 Å². The summed E-state index contributed by atoms with van der Waals surface area (Å²) in [5.41, 5.74) is 2.24. The summed E-state index contributed by atoms with van der Waals surface area (Å²) in [6.45, 7) is 2.01. The standard InChI is InChI=1S/C20H20ClN3O3S/c1-4-27-18(25)12-24-16-10-7-14(21)11-17(16)28-20(24)22-19(26)13-5-8-15(9-6-13)23(2)3/h5-11H,4,12H2,1-3H3. The number of halogens is 1. The maximum Gasteiger partial charge on any atom is 0.326 e. The first-order chi connectivity index (χ1) is 13.4. The fourth-order valence-corrected chi connectivity index (χ4v) is 3.98. The molecular formula is C20H20ClN3O3S. The predicted octanol–water partition coefficient (Wildman–Crippen LogP) is 3.73. The van der Waals surface area contributed by atoms with E-state index in [0.717, 1.165) is 15.9 Å². The SMILES string of the molecule is CCOC(=O)Cn1c(=NC(=O)c2ccc(N(C)C)cc2)sc2cc(Cl)ccc21. The predicted molar refractivity (Wildman–Crippen MR) is 112 cm³/mol. The highest BCUT2D eigenvalue weighted by Crippen LogP contribution is 2.22. The molecule has 8 heteroatoms. The Morgan fingerprint density at radius 1 is 1.18 bits per heavy atom. The molecule has 3 rings (SSSR count). The van der Waals surface area contributed by atoms with Gasteiger partial charge in [0, 0.05) is 30.4 Å². The number of hydrogen-bond acceptors (Lipinski definition) is 5. The third kappa shape index (κ3) is 4.43. The summed E-state index contributed by atoms with van der Waals surface area (Å²) in [6, 6.07) is 12.5. The van der Waals surface area contributed by atoms with E-state index in [9.17, 15) is 9.59 Å². The number of aromatic nitrogens is 1. The summed E-state index contributed by atoms with van der Waals surface area (Å²) in [4.78, 5) is 31.3. The van der Waals surface area contributed by atoms with E-state index in [0.29, 0.717) is 15.4 Å². The topological polar surface area (TPSA) is 63.9 Å². The van der Waals surface area contributed by atoms with Crippen molar-refractivity contribution in [2.24, 2.45) is 4.99 Å². The van der Waals surface area contributed by atoms with Gasteiger partial charge in [-0.1, -0.05) is 22.9 Å². The van der Waals surface area contributed by atoms with Crippen molar-refractivity contribution in [1.29, 1.82) is 0 Å². The lowest BCUT2D eigenvalue weighted by Crippen LogP contribution is -2.23. The molecule has 0 bridgehead atoms. The Labute approximate surface area is 171 Å². The molecule has 0 saturated heterocycles. The van der Waals surface area contributed by atoms with Gasteiger partial charge in [-0.3, -0.25) is 9.59 Å². The molecule has 0 aliphatic rings. The highest BCUT2D eigenvalue weighted by atomic mass is 35.5. The van der Waals surface area contributed by atoms with Crippen molar-refractivity contribution in [2.45, 2.75) is 13.5 Å². The molecule has 28 heavy (non-hydrogen) atoms. The summed E-state index contributed by atoms with van der Waals surface area (Å²) < 4.78 is 7.58. The summed E-state index contributed by atoms with van der Waals surface area (Å²) in [7, 11) is 3.86. The van der Waals surface area contributed by atoms with E-state index in [-0.39, 0.29) is 25.0 Å². The Balaban J connectivity index is 2.04. The molecule has 0 aliphatic carbocycles. The van der Waals surface area contributed by atoms with Crippen LogP contribution < -0.4 is 9.70 Å². The second kappa shape index (κ2) is 8.58. The van der Waals surface area contributed by atoms with Crippen LogP contribution in [-0.2, 0) is 16.1 Å².